The van der Waals surface area contributed by atoms with Gasteiger partial charge in [-0.3, -0.25) is 19.5 Å². The average molecular weight is 357 g/mol. The number of alkyl halides is 3. The molecule has 2 rings (SSSR count). The van der Waals surface area contributed by atoms with Gasteiger partial charge in [-0.15, -0.1) is 6.42 Å². The molecule has 2 aromatic rings. The van der Waals surface area contributed by atoms with Crippen LogP contribution in [0.15, 0.2) is 29.3 Å². The Labute approximate surface area is 136 Å². The highest BCUT2D eigenvalue weighted by Crippen LogP contribution is 2.32. The van der Waals surface area contributed by atoms with Crippen LogP contribution in [0.1, 0.15) is 5.69 Å². The molecular formula is C14H7F4N3O4. The van der Waals surface area contributed by atoms with Gasteiger partial charge in [0, 0.05) is 12.1 Å². The topological polar surface area (TPSA) is 87.3 Å². The summed E-state index contributed by atoms with van der Waals surface area (Å²) >= 11 is 0. The first-order valence-corrected chi connectivity index (χ1v) is 6.35. The van der Waals surface area contributed by atoms with Gasteiger partial charge >= 0.3 is 11.9 Å². The average Bonchev–Trinajstić information content (AvgIpc) is 2.52. The summed E-state index contributed by atoms with van der Waals surface area (Å²) in [6.45, 7) is -0.383. The molecule has 0 atom stereocenters. The van der Waals surface area contributed by atoms with Crippen molar-refractivity contribution >= 4 is 5.69 Å². The van der Waals surface area contributed by atoms with Crippen molar-refractivity contribution in [3.63, 3.8) is 0 Å². The molecule has 0 fully saturated rings. The lowest BCUT2D eigenvalue weighted by Crippen LogP contribution is -2.23. The Morgan fingerprint density at radius 1 is 1.36 bits per heavy atom. The van der Waals surface area contributed by atoms with Gasteiger partial charge < -0.3 is 4.74 Å². The molecule has 7 nitrogen and oxygen atoms in total. The van der Waals surface area contributed by atoms with Crippen LogP contribution >= 0.6 is 0 Å². The third-order valence-electron chi connectivity index (χ3n) is 2.90. The third-order valence-corrected chi connectivity index (χ3v) is 2.90. The number of hydrogen-bond donors (Lipinski definition) is 0. The maximum absolute atomic E-state index is 14.1. The zero-order chi connectivity index (χ0) is 18.8. The maximum atomic E-state index is 14.1. The molecule has 1 heterocycles. The lowest BCUT2D eigenvalue weighted by Gasteiger charge is -2.11. The van der Waals surface area contributed by atoms with Crippen molar-refractivity contribution in [2.75, 3.05) is 6.61 Å². The highest BCUT2D eigenvalue weighted by Gasteiger charge is 2.33. The molecule has 11 heteroatoms. The van der Waals surface area contributed by atoms with E-state index in [1.807, 2.05) is 5.92 Å². The van der Waals surface area contributed by atoms with Gasteiger partial charge in [-0.05, 0) is 0 Å². The second kappa shape index (κ2) is 6.60. The van der Waals surface area contributed by atoms with Crippen LogP contribution in [0.25, 0.3) is 5.69 Å². The lowest BCUT2D eigenvalue weighted by atomic mass is 10.2. The summed E-state index contributed by atoms with van der Waals surface area (Å²) in [5, 5.41) is 10.9. The Morgan fingerprint density at radius 2 is 2.04 bits per heavy atom. The van der Waals surface area contributed by atoms with Crippen molar-refractivity contribution in [2.45, 2.75) is 6.18 Å². The number of hydrogen-bond acceptors (Lipinski definition) is 5. The first-order chi connectivity index (χ1) is 11.6. The smallest absolute Gasteiger partial charge is 0.433 e. The van der Waals surface area contributed by atoms with Crippen molar-refractivity contribution < 1.29 is 27.2 Å². The molecule has 0 unspecified atom stereocenters. The van der Waals surface area contributed by atoms with E-state index in [1.54, 1.807) is 0 Å². The van der Waals surface area contributed by atoms with E-state index in [2.05, 4.69) is 4.98 Å². The van der Waals surface area contributed by atoms with Gasteiger partial charge in [-0.1, -0.05) is 5.92 Å². The summed E-state index contributed by atoms with van der Waals surface area (Å²) in [7, 11) is 0. The van der Waals surface area contributed by atoms with Crippen LogP contribution in [-0.4, -0.2) is 21.1 Å². The van der Waals surface area contributed by atoms with E-state index in [9.17, 15) is 32.5 Å². The fraction of sp³-hybridized carbons (Fsp3) is 0.143. The number of nitrogens with zero attached hydrogens (tertiary/aromatic N) is 3. The molecule has 25 heavy (non-hydrogen) atoms. The predicted octanol–water partition coefficient (Wildman–Crippen LogP) is 2.31. The van der Waals surface area contributed by atoms with Gasteiger partial charge in [0.2, 0.25) is 5.75 Å². The molecule has 0 amide bonds. The van der Waals surface area contributed by atoms with Gasteiger partial charge in [0.25, 0.3) is 5.56 Å². The number of terminal acetylenes is 1. The molecule has 0 saturated carbocycles. The first-order valence-electron chi connectivity index (χ1n) is 6.35. The van der Waals surface area contributed by atoms with E-state index in [0.29, 0.717) is 17.0 Å². The van der Waals surface area contributed by atoms with Gasteiger partial charge in [0.15, 0.2) is 11.5 Å². The molecule has 0 saturated heterocycles. The number of aromatic nitrogens is 2. The van der Waals surface area contributed by atoms with Gasteiger partial charge in [-0.25, -0.2) is 9.37 Å². The van der Waals surface area contributed by atoms with E-state index < -0.39 is 45.3 Å². The number of ether oxygens (including phenoxy) is 1. The number of halogens is 4. The molecule has 1 aromatic heterocycles. The second-order valence-corrected chi connectivity index (χ2v) is 4.50. The Hall–Kier alpha value is -3.42. The van der Waals surface area contributed by atoms with Crippen LogP contribution < -0.4 is 10.3 Å². The van der Waals surface area contributed by atoms with Crippen LogP contribution in [0.3, 0.4) is 0 Å². The molecule has 130 valence electrons. The largest absolute Gasteiger partial charge is 0.474 e. The van der Waals surface area contributed by atoms with Crippen molar-refractivity contribution in [1.29, 1.82) is 0 Å². The Morgan fingerprint density at radius 3 is 2.56 bits per heavy atom. The monoisotopic (exact) mass is 357 g/mol. The summed E-state index contributed by atoms with van der Waals surface area (Å²) < 4.78 is 57.1. The van der Waals surface area contributed by atoms with Crippen LogP contribution in [0.4, 0.5) is 23.2 Å². The van der Waals surface area contributed by atoms with Crippen LogP contribution in [-0.2, 0) is 6.18 Å². The standard InChI is InChI=1S/C14H7F4N3O4/c1-2-3-25-11-5-9(8(15)4-10(11)21(23)24)20-7-19-12(6-13(20)22)14(16,17)18/h1,4-7H,3H2. The minimum Gasteiger partial charge on any atom is -0.474 e. The Bertz CT molecular complexity index is 931. The van der Waals surface area contributed by atoms with Gasteiger partial charge in [0.05, 0.1) is 16.7 Å². The predicted molar refractivity (Wildman–Crippen MR) is 75.8 cm³/mol. The maximum Gasteiger partial charge on any atom is 0.433 e. The van der Waals surface area contributed by atoms with Crippen LogP contribution in [0, 0.1) is 28.3 Å². The number of nitro benzene ring substituents is 1. The van der Waals surface area contributed by atoms with E-state index in [1.165, 1.54) is 0 Å². The highest BCUT2D eigenvalue weighted by atomic mass is 19.4. The van der Waals surface area contributed by atoms with Crippen molar-refractivity contribution in [2.24, 2.45) is 0 Å². The van der Waals surface area contributed by atoms with E-state index >= 15 is 0 Å². The summed E-state index contributed by atoms with van der Waals surface area (Å²) in [6.07, 6.45) is 0.577. The van der Waals surface area contributed by atoms with E-state index in [-0.39, 0.29) is 12.7 Å². The molecule has 0 aliphatic heterocycles. The summed E-state index contributed by atoms with van der Waals surface area (Å²) in [6, 6.07) is 1.41. The second-order valence-electron chi connectivity index (χ2n) is 4.50. The molecule has 1 aromatic carbocycles. The molecule has 0 spiro atoms. The quantitative estimate of drug-likeness (QED) is 0.363. The highest BCUT2D eigenvalue weighted by molar-refractivity contribution is 5.54. The number of nitro groups is 1. The summed E-state index contributed by atoms with van der Waals surface area (Å²) in [5.74, 6) is 0.362. The number of rotatable bonds is 4. The zero-order valence-electron chi connectivity index (χ0n) is 12.1. The molecular weight excluding hydrogens is 350 g/mol. The SMILES string of the molecule is C#CCOc1cc(-n2cnc(C(F)(F)F)cc2=O)c(F)cc1[N+](=O)[O-]. The fourth-order valence-corrected chi connectivity index (χ4v) is 1.83. The normalized spacial score (nSPS) is 11.0. The fourth-order valence-electron chi connectivity index (χ4n) is 1.83. The molecule has 0 aliphatic rings. The summed E-state index contributed by atoms with van der Waals surface area (Å²) in [4.78, 5) is 24.8. The minimum absolute atomic E-state index is 0.169. The Kier molecular flexibility index (Phi) is 4.73. The number of benzene rings is 1. The van der Waals surface area contributed by atoms with Gasteiger partial charge in [-0.2, -0.15) is 13.2 Å². The van der Waals surface area contributed by atoms with Gasteiger partial charge in [0.1, 0.15) is 12.9 Å². The Balaban J connectivity index is 2.62. The molecule has 0 radical (unpaired) electrons. The van der Waals surface area contributed by atoms with Crippen molar-refractivity contribution in [3.8, 4) is 23.8 Å². The van der Waals surface area contributed by atoms with Crippen molar-refractivity contribution in [3.05, 3.63) is 56.5 Å². The lowest BCUT2D eigenvalue weighted by molar-refractivity contribution is -0.386. The molecule has 0 aliphatic carbocycles. The van der Waals surface area contributed by atoms with E-state index in [4.69, 9.17) is 11.2 Å². The summed E-state index contributed by atoms with van der Waals surface area (Å²) in [5.41, 5.74) is -4.04. The van der Waals surface area contributed by atoms with E-state index in [0.717, 1.165) is 6.07 Å². The van der Waals surface area contributed by atoms with Crippen molar-refractivity contribution in [1.82, 2.24) is 9.55 Å². The zero-order valence-corrected chi connectivity index (χ0v) is 12.1. The molecule has 0 N–H and O–H groups in total. The molecule has 0 bridgehead atoms. The van der Waals surface area contributed by atoms with Crippen LogP contribution in [0.5, 0.6) is 5.75 Å². The minimum atomic E-state index is -4.85. The first kappa shape index (κ1) is 17.9. The van der Waals surface area contributed by atoms with Crippen LogP contribution in [0.2, 0.25) is 0 Å². The third kappa shape index (κ3) is 3.74.